The summed E-state index contributed by atoms with van der Waals surface area (Å²) in [6, 6.07) is 10.4. The van der Waals surface area contributed by atoms with Gasteiger partial charge in [0, 0.05) is 24.6 Å². The van der Waals surface area contributed by atoms with Gasteiger partial charge in [0.05, 0.1) is 24.8 Å². The molecular weight excluding hydrogens is 432 g/mol. The summed E-state index contributed by atoms with van der Waals surface area (Å²) >= 11 is 6.31. The van der Waals surface area contributed by atoms with Crippen molar-refractivity contribution in [3.63, 3.8) is 0 Å². The number of anilines is 1. The van der Waals surface area contributed by atoms with E-state index in [1.807, 2.05) is 13.8 Å². The molecule has 0 aliphatic carbocycles. The third-order valence-corrected chi connectivity index (χ3v) is 5.03. The molecule has 0 bridgehead atoms. The molecule has 168 valence electrons. The van der Waals surface area contributed by atoms with Crippen LogP contribution in [0.4, 0.5) is 5.69 Å². The zero-order valence-electron chi connectivity index (χ0n) is 18.2. The Hall–Kier alpha value is -3.32. The summed E-state index contributed by atoms with van der Waals surface area (Å²) in [6.45, 7) is 4.03. The minimum atomic E-state index is -0.319. The molecule has 7 nitrogen and oxygen atoms in total. The summed E-state index contributed by atoms with van der Waals surface area (Å²) in [5.41, 5.74) is 2.10. The Morgan fingerprint density at radius 1 is 1.16 bits per heavy atom. The summed E-state index contributed by atoms with van der Waals surface area (Å²) in [6.07, 6.45) is 3.50. The second-order valence-electron chi connectivity index (χ2n) is 7.59. The first-order chi connectivity index (χ1) is 15.3. The van der Waals surface area contributed by atoms with Crippen LogP contribution < -0.4 is 14.8 Å². The Morgan fingerprint density at radius 3 is 2.41 bits per heavy atom. The number of carbonyl (C=O) groups excluding carboxylic acids is 3. The Bertz CT molecular complexity index is 1030. The van der Waals surface area contributed by atoms with Crippen molar-refractivity contribution in [1.82, 2.24) is 4.90 Å². The molecule has 1 heterocycles. The summed E-state index contributed by atoms with van der Waals surface area (Å²) in [5.74, 6) is 0.316. The highest BCUT2D eigenvalue weighted by atomic mass is 35.5. The van der Waals surface area contributed by atoms with Gasteiger partial charge in [-0.25, -0.2) is 0 Å². The molecule has 0 saturated carbocycles. The topological polar surface area (TPSA) is 84.9 Å². The molecule has 1 aliphatic heterocycles. The fourth-order valence-corrected chi connectivity index (χ4v) is 3.48. The van der Waals surface area contributed by atoms with Crippen molar-refractivity contribution in [3.8, 4) is 11.5 Å². The zero-order valence-corrected chi connectivity index (χ0v) is 18.9. The zero-order chi connectivity index (χ0) is 23.3. The van der Waals surface area contributed by atoms with Crippen LogP contribution in [0.3, 0.4) is 0 Å². The molecule has 0 spiro atoms. The number of likely N-dealkylation sites (tertiary alicyclic amines) is 1. The maximum absolute atomic E-state index is 12.3. The van der Waals surface area contributed by atoms with Crippen LogP contribution in [0.2, 0.25) is 5.02 Å². The lowest BCUT2D eigenvalue weighted by Gasteiger charge is -2.15. The van der Waals surface area contributed by atoms with E-state index in [-0.39, 0.29) is 43.2 Å². The smallest absolute Gasteiger partial charge is 0.248 e. The van der Waals surface area contributed by atoms with Gasteiger partial charge in [-0.05, 0) is 55.3 Å². The van der Waals surface area contributed by atoms with Gasteiger partial charge in [-0.1, -0.05) is 23.7 Å². The molecule has 1 fully saturated rings. The average molecular weight is 457 g/mol. The third kappa shape index (κ3) is 5.88. The van der Waals surface area contributed by atoms with E-state index in [1.165, 1.54) is 18.1 Å². The maximum atomic E-state index is 12.3. The highest BCUT2D eigenvalue weighted by Crippen LogP contribution is 2.37. The van der Waals surface area contributed by atoms with Gasteiger partial charge in [-0.3, -0.25) is 19.3 Å². The number of imide groups is 1. The Balaban J connectivity index is 1.62. The van der Waals surface area contributed by atoms with Gasteiger partial charge in [0.1, 0.15) is 0 Å². The minimum Gasteiger partial charge on any atom is -0.493 e. The van der Waals surface area contributed by atoms with Crippen molar-refractivity contribution < 1.29 is 23.9 Å². The molecule has 3 amide bonds. The number of nitrogens with zero attached hydrogens (tertiary/aromatic N) is 1. The number of rotatable bonds is 8. The number of hydrogen-bond acceptors (Lipinski definition) is 5. The molecule has 1 N–H and O–H groups in total. The quantitative estimate of drug-likeness (QED) is 0.469. The van der Waals surface area contributed by atoms with Gasteiger partial charge in [0.2, 0.25) is 17.7 Å². The fraction of sp³-hybridized carbons (Fsp3) is 0.292. The monoisotopic (exact) mass is 456 g/mol. The van der Waals surface area contributed by atoms with E-state index in [4.69, 9.17) is 21.1 Å². The van der Waals surface area contributed by atoms with Gasteiger partial charge in [0.15, 0.2) is 11.5 Å². The first-order valence-corrected chi connectivity index (χ1v) is 10.6. The first kappa shape index (κ1) is 23.3. The minimum absolute atomic E-state index is 0.0590. The summed E-state index contributed by atoms with van der Waals surface area (Å²) in [4.78, 5) is 37.0. The largest absolute Gasteiger partial charge is 0.493 e. The molecule has 0 aromatic heterocycles. The molecule has 2 aromatic carbocycles. The maximum Gasteiger partial charge on any atom is 0.248 e. The Morgan fingerprint density at radius 2 is 1.81 bits per heavy atom. The molecule has 1 aliphatic rings. The van der Waals surface area contributed by atoms with Crippen molar-refractivity contribution in [2.24, 2.45) is 0 Å². The highest BCUT2D eigenvalue weighted by Gasteiger charge is 2.28. The molecule has 8 heteroatoms. The van der Waals surface area contributed by atoms with E-state index in [9.17, 15) is 14.4 Å². The molecule has 32 heavy (non-hydrogen) atoms. The van der Waals surface area contributed by atoms with Crippen LogP contribution in [-0.4, -0.2) is 35.8 Å². The average Bonchev–Trinajstić information content (AvgIpc) is 3.07. The van der Waals surface area contributed by atoms with E-state index >= 15 is 0 Å². The first-order valence-electron chi connectivity index (χ1n) is 10.2. The second kappa shape index (κ2) is 10.3. The predicted octanol–water partition coefficient (Wildman–Crippen LogP) is 4.44. The van der Waals surface area contributed by atoms with E-state index < -0.39 is 0 Å². The van der Waals surface area contributed by atoms with Crippen LogP contribution >= 0.6 is 11.6 Å². The summed E-state index contributed by atoms with van der Waals surface area (Å²) < 4.78 is 11.0. The van der Waals surface area contributed by atoms with E-state index in [2.05, 4.69) is 5.32 Å². The lowest BCUT2D eigenvalue weighted by Crippen LogP contribution is -2.28. The number of carbonyl (C=O) groups is 3. The van der Waals surface area contributed by atoms with Crippen LogP contribution in [0.1, 0.15) is 37.8 Å². The van der Waals surface area contributed by atoms with Crippen molar-refractivity contribution >= 4 is 41.1 Å². The molecule has 3 rings (SSSR count). The molecule has 0 radical (unpaired) electrons. The highest BCUT2D eigenvalue weighted by molar-refractivity contribution is 6.32. The van der Waals surface area contributed by atoms with Crippen molar-refractivity contribution in [3.05, 3.63) is 58.6 Å². The van der Waals surface area contributed by atoms with Crippen LogP contribution in [0.5, 0.6) is 11.5 Å². The van der Waals surface area contributed by atoms with Crippen LogP contribution in [-0.2, 0) is 20.9 Å². The van der Waals surface area contributed by atoms with Crippen LogP contribution in [0.15, 0.2) is 42.5 Å². The van der Waals surface area contributed by atoms with Gasteiger partial charge >= 0.3 is 0 Å². The number of methoxy groups -OCH3 is 1. The molecule has 1 saturated heterocycles. The fourth-order valence-electron chi connectivity index (χ4n) is 3.22. The number of hydrogen-bond donors (Lipinski definition) is 1. The number of ether oxygens (including phenoxy) is 2. The van der Waals surface area contributed by atoms with Crippen LogP contribution in [0, 0.1) is 0 Å². The Kier molecular flexibility index (Phi) is 7.53. The van der Waals surface area contributed by atoms with E-state index in [1.54, 1.807) is 42.5 Å². The lowest BCUT2D eigenvalue weighted by atomic mass is 10.1. The number of halogens is 1. The number of benzene rings is 2. The van der Waals surface area contributed by atoms with Crippen molar-refractivity contribution in [1.29, 1.82) is 0 Å². The Labute approximate surface area is 191 Å². The molecule has 0 unspecified atom stereocenters. The normalized spacial score (nSPS) is 13.8. The van der Waals surface area contributed by atoms with E-state index in [0.717, 1.165) is 5.56 Å². The van der Waals surface area contributed by atoms with Gasteiger partial charge in [-0.15, -0.1) is 0 Å². The third-order valence-electron chi connectivity index (χ3n) is 4.75. The SMILES string of the molecule is COc1cc(/C=C/C(=O)Nc2ccc(CN3C(=O)CCC3=O)cc2)cc(Cl)c1OC(C)C. The van der Waals surface area contributed by atoms with Crippen molar-refractivity contribution in [2.45, 2.75) is 39.3 Å². The molecular formula is C24H25ClN2O5. The summed E-state index contributed by atoms with van der Waals surface area (Å²) in [5, 5.41) is 3.16. The van der Waals surface area contributed by atoms with Crippen molar-refractivity contribution in [2.75, 3.05) is 12.4 Å². The predicted molar refractivity (Wildman–Crippen MR) is 123 cm³/mol. The lowest BCUT2D eigenvalue weighted by molar-refractivity contribution is -0.139. The van der Waals surface area contributed by atoms with Gasteiger partial charge in [-0.2, -0.15) is 0 Å². The molecule has 2 aromatic rings. The number of nitrogens with one attached hydrogen (secondary N) is 1. The van der Waals surface area contributed by atoms with E-state index in [0.29, 0.717) is 27.8 Å². The summed E-state index contributed by atoms with van der Waals surface area (Å²) in [7, 11) is 1.53. The standard InChI is InChI=1S/C24H25ClN2O5/c1-15(2)32-24-19(25)12-17(13-20(24)31-3)6-9-21(28)26-18-7-4-16(5-8-18)14-27-22(29)10-11-23(27)30/h4-9,12-13,15H,10-11,14H2,1-3H3,(H,26,28)/b9-6+. The number of amides is 3. The van der Waals surface area contributed by atoms with Gasteiger partial charge < -0.3 is 14.8 Å². The van der Waals surface area contributed by atoms with Crippen LogP contribution in [0.25, 0.3) is 6.08 Å². The molecule has 0 atom stereocenters. The second-order valence-corrected chi connectivity index (χ2v) is 8.00. The van der Waals surface area contributed by atoms with Gasteiger partial charge in [0.25, 0.3) is 0 Å².